The van der Waals surface area contributed by atoms with Crippen LogP contribution in [0.2, 0.25) is 0 Å². The highest BCUT2D eigenvalue weighted by molar-refractivity contribution is 5.68. The van der Waals surface area contributed by atoms with Gasteiger partial charge in [-0.2, -0.15) is 22.8 Å². The Morgan fingerprint density at radius 3 is 2.52 bits per heavy atom. The SMILES string of the molecule is FC(F)(F)c1nnc2c(N3CC4CNCC4C3)ccnn12. The number of anilines is 1. The van der Waals surface area contributed by atoms with Crippen LogP contribution in [0.3, 0.4) is 0 Å². The molecule has 9 heteroatoms. The first kappa shape index (κ1) is 12.8. The number of hydrogen-bond acceptors (Lipinski definition) is 5. The van der Waals surface area contributed by atoms with Gasteiger partial charge in [0.25, 0.3) is 5.82 Å². The second-order valence-electron chi connectivity index (χ2n) is 5.56. The zero-order valence-corrected chi connectivity index (χ0v) is 11.0. The quantitative estimate of drug-likeness (QED) is 0.844. The van der Waals surface area contributed by atoms with E-state index in [9.17, 15) is 13.2 Å². The number of alkyl halides is 3. The van der Waals surface area contributed by atoms with Crippen molar-refractivity contribution in [3.63, 3.8) is 0 Å². The lowest BCUT2D eigenvalue weighted by Crippen LogP contribution is -2.26. The highest BCUT2D eigenvalue weighted by Crippen LogP contribution is 2.33. The average molecular weight is 298 g/mol. The van der Waals surface area contributed by atoms with E-state index in [1.54, 1.807) is 6.07 Å². The van der Waals surface area contributed by atoms with E-state index in [1.165, 1.54) is 6.20 Å². The molecule has 2 aromatic heterocycles. The molecule has 2 aliphatic rings. The van der Waals surface area contributed by atoms with E-state index < -0.39 is 12.0 Å². The van der Waals surface area contributed by atoms with Crippen molar-refractivity contribution in [3.05, 3.63) is 18.1 Å². The summed E-state index contributed by atoms with van der Waals surface area (Å²) in [6.07, 6.45) is -3.19. The second-order valence-corrected chi connectivity index (χ2v) is 5.56. The minimum atomic E-state index is -4.56. The van der Waals surface area contributed by atoms with Crippen molar-refractivity contribution in [2.75, 3.05) is 31.1 Å². The van der Waals surface area contributed by atoms with E-state index >= 15 is 0 Å². The number of rotatable bonds is 1. The first-order chi connectivity index (χ1) is 10.0. The number of halogens is 3. The molecule has 2 saturated heterocycles. The summed E-state index contributed by atoms with van der Waals surface area (Å²) in [6.45, 7) is 3.57. The van der Waals surface area contributed by atoms with Gasteiger partial charge in [-0.3, -0.25) is 0 Å². The molecular weight excluding hydrogens is 285 g/mol. The van der Waals surface area contributed by atoms with Crippen LogP contribution in [0.4, 0.5) is 18.9 Å². The predicted molar refractivity (Wildman–Crippen MR) is 67.8 cm³/mol. The largest absolute Gasteiger partial charge is 0.453 e. The van der Waals surface area contributed by atoms with Crippen LogP contribution in [-0.4, -0.2) is 46.0 Å². The smallest absolute Gasteiger partial charge is 0.368 e. The summed E-state index contributed by atoms with van der Waals surface area (Å²) in [6, 6.07) is 1.71. The minimum absolute atomic E-state index is 0.165. The van der Waals surface area contributed by atoms with Gasteiger partial charge in [0.05, 0.1) is 11.9 Å². The molecule has 4 rings (SSSR count). The summed E-state index contributed by atoms with van der Waals surface area (Å²) in [5.41, 5.74) is 0.833. The molecule has 21 heavy (non-hydrogen) atoms. The lowest BCUT2D eigenvalue weighted by atomic mass is 10.0. The monoisotopic (exact) mass is 298 g/mol. The molecule has 0 aliphatic carbocycles. The molecule has 4 heterocycles. The summed E-state index contributed by atoms with van der Waals surface area (Å²) in [4.78, 5) is 2.09. The fourth-order valence-corrected chi connectivity index (χ4v) is 3.27. The zero-order valence-electron chi connectivity index (χ0n) is 11.0. The van der Waals surface area contributed by atoms with Crippen LogP contribution in [0.15, 0.2) is 12.3 Å². The van der Waals surface area contributed by atoms with E-state index in [0.717, 1.165) is 30.7 Å². The molecule has 0 amide bonds. The minimum Gasteiger partial charge on any atom is -0.368 e. The Bertz CT molecular complexity index is 669. The molecule has 2 aromatic rings. The third-order valence-corrected chi connectivity index (χ3v) is 4.27. The van der Waals surface area contributed by atoms with Crippen LogP contribution in [0.1, 0.15) is 5.82 Å². The van der Waals surface area contributed by atoms with Crippen LogP contribution < -0.4 is 10.2 Å². The Morgan fingerprint density at radius 1 is 1.14 bits per heavy atom. The highest BCUT2D eigenvalue weighted by atomic mass is 19.4. The fourth-order valence-electron chi connectivity index (χ4n) is 3.27. The van der Waals surface area contributed by atoms with Gasteiger partial charge < -0.3 is 10.2 Å². The molecule has 2 unspecified atom stereocenters. The molecule has 2 fully saturated rings. The van der Waals surface area contributed by atoms with Crippen LogP contribution >= 0.6 is 0 Å². The van der Waals surface area contributed by atoms with Crippen molar-refractivity contribution < 1.29 is 13.2 Å². The molecular formula is C12H13F3N6. The maximum Gasteiger partial charge on any atom is 0.453 e. The first-order valence-electron chi connectivity index (χ1n) is 6.77. The summed E-state index contributed by atoms with van der Waals surface area (Å²) in [5.74, 6) is 0.00635. The Kier molecular flexibility index (Phi) is 2.62. The standard InChI is InChI=1S/C12H13F3N6/c13-12(14,15)11-19-18-10-9(1-2-17-21(10)11)20-5-7-3-16-4-8(7)6-20/h1-2,7-8,16H,3-6H2. The number of hydrogen-bond donors (Lipinski definition) is 1. The Balaban J connectivity index is 1.75. The lowest BCUT2D eigenvalue weighted by molar-refractivity contribution is -0.146. The highest BCUT2D eigenvalue weighted by Gasteiger charge is 2.40. The summed E-state index contributed by atoms with van der Waals surface area (Å²) >= 11 is 0. The van der Waals surface area contributed by atoms with E-state index in [0.29, 0.717) is 17.5 Å². The van der Waals surface area contributed by atoms with Gasteiger partial charge in [0, 0.05) is 26.2 Å². The number of nitrogens with one attached hydrogen (secondary N) is 1. The molecule has 2 aliphatic heterocycles. The molecule has 0 bridgehead atoms. The molecule has 0 radical (unpaired) electrons. The molecule has 112 valence electrons. The fraction of sp³-hybridized carbons (Fsp3) is 0.583. The lowest BCUT2D eigenvalue weighted by Gasteiger charge is -2.19. The van der Waals surface area contributed by atoms with Crippen molar-refractivity contribution in [2.45, 2.75) is 6.18 Å². The third kappa shape index (κ3) is 1.95. The third-order valence-electron chi connectivity index (χ3n) is 4.27. The van der Waals surface area contributed by atoms with Gasteiger partial charge in [-0.15, -0.1) is 10.2 Å². The van der Waals surface area contributed by atoms with Gasteiger partial charge in [0.1, 0.15) is 0 Å². The number of aromatic nitrogens is 4. The number of fused-ring (bicyclic) bond motifs is 2. The Hall–Kier alpha value is -1.90. The maximum absolute atomic E-state index is 12.9. The van der Waals surface area contributed by atoms with Gasteiger partial charge >= 0.3 is 6.18 Å². The van der Waals surface area contributed by atoms with E-state index in [4.69, 9.17) is 0 Å². The Labute approximate surface area is 117 Å². The van der Waals surface area contributed by atoms with Gasteiger partial charge in [-0.25, -0.2) is 0 Å². The van der Waals surface area contributed by atoms with Crippen LogP contribution in [0, 0.1) is 11.8 Å². The molecule has 1 N–H and O–H groups in total. The van der Waals surface area contributed by atoms with Crippen LogP contribution in [-0.2, 0) is 6.18 Å². The van der Waals surface area contributed by atoms with Crippen molar-refractivity contribution in [2.24, 2.45) is 11.8 Å². The van der Waals surface area contributed by atoms with E-state index in [-0.39, 0.29) is 5.65 Å². The molecule has 0 aromatic carbocycles. The van der Waals surface area contributed by atoms with Crippen molar-refractivity contribution in [1.82, 2.24) is 25.1 Å². The van der Waals surface area contributed by atoms with Crippen molar-refractivity contribution >= 4 is 11.3 Å². The topological polar surface area (TPSA) is 58.4 Å². The van der Waals surface area contributed by atoms with Crippen LogP contribution in [0.25, 0.3) is 5.65 Å². The molecule has 0 saturated carbocycles. The van der Waals surface area contributed by atoms with E-state index in [2.05, 4.69) is 25.5 Å². The van der Waals surface area contributed by atoms with Gasteiger partial charge in [0.2, 0.25) is 5.65 Å². The molecule has 0 spiro atoms. The maximum atomic E-state index is 12.9. The number of nitrogens with zero attached hydrogens (tertiary/aromatic N) is 5. The van der Waals surface area contributed by atoms with Crippen molar-refractivity contribution in [1.29, 1.82) is 0 Å². The van der Waals surface area contributed by atoms with Gasteiger partial charge in [-0.05, 0) is 17.9 Å². The first-order valence-corrected chi connectivity index (χ1v) is 6.77. The van der Waals surface area contributed by atoms with E-state index in [1.807, 2.05) is 0 Å². The van der Waals surface area contributed by atoms with Gasteiger partial charge in [0.15, 0.2) is 0 Å². The summed E-state index contributed by atoms with van der Waals surface area (Å²) in [7, 11) is 0. The predicted octanol–water partition coefficient (Wildman–Crippen LogP) is 0.799. The van der Waals surface area contributed by atoms with Crippen LogP contribution in [0.5, 0.6) is 0 Å². The van der Waals surface area contributed by atoms with Gasteiger partial charge in [-0.1, -0.05) is 0 Å². The summed E-state index contributed by atoms with van der Waals surface area (Å²) < 4.78 is 39.4. The van der Waals surface area contributed by atoms with Crippen molar-refractivity contribution in [3.8, 4) is 0 Å². The summed E-state index contributed by atoms with van der Waals surface area (Å²) in [5, 5.41) is 14.0. The average Bonchev–Trinajstić information content (AvgIpc) is 3.10. The zero-order chi connectivity index (χ0) is 14.6. The molecule has 6 nitrogen and oxygen atoms in total. The Morgan fingerprint density at radius 2 is 1.86 bits per heavy atom. The second kappa shape index (κ2) is 4.30. The molecule has 2 atom stereocenters. The normalized spacial score (nSPS) is 25.8.